The summed E-state index contributed by atoms with van der Waals surface area (Å²) < 4.78 is 1.91. The number of aromatic nitrogens is 3. The van der Waals surface area contributed by atoms with Crippen molar-refractivity contribution in [3.63, 3.8) is 0 Å². The highest BCUT2D eigenvalue weighted by Crippen LogP contribution is 2.27. The Morgan fingerprint density at radius 3 is 2.89 bits per heavy atom. The third kappa shape index (κ3) is 4.60. The molecule has 8 heteroatoms. The number of amides is 1. The second kappa shape index (κ2) is 9.32. The summed E-state index contributed by atoms with van der Waals surface area (Å²) in [6.07, 6.45) is 4.14. The Hall–Kier alpha value is -2.22. The molecule has 1 atom stereocenters. The first-order valence-corrected chi connectivity index (χ1v) is 10.1. The van der Waals surface area contributed by atoms with Gasteiger partial charge in [0, 0.05) is 23.2 Å². The van der Waals surface area contributed by atoms with Crippen LogP contribution in [0.1, 0.15) is 39.9 Å². The van der Waals surface area contributed by atoms with Gasteiger partial charge in [-0.05, 0) is 32.4 Å². The van der Waals surface area contributed by atoms with E-state index in [9.17, 15) is 4.79 Å². The monoisotopic (exact) mass is 417 g/mol. The van der Waals surface area contributed by atoms with E-state index in [0.29, 0.717) is 18.3 Å². The lowest BCUT2D eigenvalue weighted by atomic mass is 10.1. The van der Waals surface area contributed by atoms with Crippen molar-refractivity contribution in [2.24, 2.45) is 0 Å². The molecule has 0 aliphatic carbocycles. The molecule has 28 heavy (non-hydrogen) atoms. The Morgan fingerprint density at radius 1 is 1.32 bits per heavy atom. The average Bonchev–Trinajstić information content (AvgIpc) is 3.35. The molecule has 3 aromatic rings. The number of nitrogens with one attached hydrogen (secondary N) is 2. The molecule has 0 saturated carbocycles. The van der Waals surface area contributed by atoms with Crippen LogP contribution in [0.3, 0.4) is 0 Å². The van der Waals surface area contributed by atoms with E-state index in [-0.39, 0.29) is 18.3 Å². The lowest BCUT2D eigenvalue weighted by molar-refractivity contribution is 0.0945. The molecule has 3 heterocycles. The number of piperidine rings is 1. The molecular formula is C20H24ClN5OS. The summed E-state index contributed by atoms with van der Waals surface area (Å²) in [6, 6.07) is 12.2. The van der Waals surface area contributed by atoms with Gasteiger partial charge in [-0.25, -0.2) is 4.98 Å². The Bertz CT molecular complexity index is 918. The van der Waals surface area contributed by atoms with Gasteiger partial charge in [-0.15, -0.1) is 23.7 Å². The van der Waals surface area contributed by atoms with Crippen LogP contribution in [0.4, 0.5) is 0 Å². The molecule has 6 nitrogen and oxygen atoms in total. The van der Waals surface area contributed by atoms with Gasteiger partial charge in [0.25, 0.3) is 5.91 Å². The lowest BCUT2D eigenvalue weighted by Gasteiger charge is -2.22. The van der Waals surface area contributed by atoms with Gasteiger partial charge in [-0.3, -0.25) is 9.48 Å². The van der Waals surface area contributed by atoms with Crippen LogP contribution in [0.5, 0.6) is 0 Å². The summed E-state index contributed by atoms with van der Waals surface area (Å²) in [7, 11) is 0. The highest BCUT2D eigenvalue weighted by atomic mass is 35.5. The number of benzene rings is 1. The van der Waals surface area contributed by atoms with Crippen LogP contribution in [0, 0.1) is 6.92 Å². The van der Waals surface area contributed by atoms with Gasteiger partial charge in [0.1, 0.15) is 10.7 Å². The third-order valence-corrected chi connectivity index (χ3v) is 6.02. The Kier molecular flexibility index (Phi) is 6.83. The smallest absolute Gasteiger partial charge is 0.272 e. The number of carbonyl (C=O) groups excluding carboxylic acids is 1. The van der Waals surface area contributed by atoms with Gasteiger partial charge in [0.2, 0.25) is 0 Å². The molecule has 0 spiro atoms. The molecule has 2 N–H and O–H groups in total. The molecule has 1 saturated heterocycles. The fraction of sp³-hybridized carbons (Fsp3) is 0.350. The van der Waals surface area contributed by atoms with E-state index in [0.717, 1.165) is 47.1 Å². The lowest BCUT2D eigenvalue weighted by Crippen LogP contribution is -2.32. The molecule has 1 fully saturated rings. The Labute approximate surface area is 174 Å². The molecule has 1 aliphatic heterocycles. The van der Waals surface area contributed by atoms with Crippen LogP contribution in [-0.4, -0.2) is 33.8 Å². The van der Waals surface area contributed by atoms with Crippen molar-refractivity contribution in [1.29, 1.82) is 0 Å². The first-order chi connectivity index (χ1) is 13.2. The number of hydrogen-bond acceptors (Lipinski definition) is 5. The summed E-state index contributed by atoms with van der Waals surface area (Å²) in [5.41, 5.74) is 2.52. The van der Waals surface area contributed by atoms with E-state index in [1.807, 2.05) is 48.1 Å². The number of thiazole rings is 1. The Morgan fingerprint density at radius 2 is 2.14 bits per heavy atom. The van der Waals surface area contributed by atoms with E-state index in [2.05, 4.69) is 20.7 Å². The number of hydrogen-bond donors (Lipinski definition) is 2. The molecule has 0 radical (unpaired) electrons. The number of carbonyl (C=O) groups is 1. The van der Waals surface area contributed by atoms with Crippen LogP contribution >= 0.6 is 23.7 Å². The molecule has 1 unspecified atom stereocenters. The highest BCUT2D eigenvalue weighted by Gasteiger charge is 2.18. The minimum absolute atomic E-state index is 0. The van der Waals surface area contributed by atoms with Gasteiger partial charge in [0.15, 0.2) is 0 Å². The Balaban J connectivity index is 0.00000225. The first-order valence-electron chi connectivity index (χ1n) is 9.26. The van der Waals surface area contributed by atoms with Gasteiger partial charge < -0.3 is 10.6 Å². The minimum atomic E-state index is -0.147. The summed E-state index contributed by atoms with van der Waals surface area (Å²) in [4.78, 5) is 18.2. The van der Waals surface area contributed by atoms with Crippen LogP contribution in [0.25, 0.3) is 10.6 Å². The van der Waals surface area contributed by atoms with E-state index >= 15 is 0 Å². The third-order valence-electron chi connectivity index (χ3n) is 4.81. The molecule has 1 amide bonds. The van der Waals surface area contributed by atoms with Crippen LogP contribution < -0.4 is 10.6 Å². The van der Waals surface area contributed by atoms with Crippen molar-refractivity contribution in [3.05, 3.63) is 58.9 Å². The second-order valence-electron chi connectivity index (χ2n) is 6.76. The zero-order chi connectivity index (χ0) is 18.6. The SMILES string of the molecule is Cc1nc(-c2ccccc2)sc1CNC(=O)c1ccn(C2CCCNC2)n1.Cl. The molecule has 1 aliphatic rings. The van der Waals surface area contributed by atoms with Gasteiger partial charge in [-0.2, -0.15) is 5.10 Å². The zero-order valence-corrected chi connectivity index (χ0v) is 17.4. The standard InChI is InChI=1S/C20H23N5OS.ClH/c1-14-18(27-20(23-14)15-6-3-2-4-7-15)13-22-19(26)17-9-11-25(24-17)16-8-5-10-21-12-16;/h2-4,6-7,9,11,16,21H,5,8,10,12-13H2,1H3,(H,22,26);1H. The highest BCUT2D eigenvalue weighted by molar-refractivity contribution is 7.15. The first kappa shape index (κ1) is 20.5. The van der Waals surface area contributed by atoms with Gasteiger partial charge in [0.05, 0.1) is 18.3 Å². The largest absolute Gasteiger partial charge is 0.346 e. The summed E-state index contributed by atoms with van der Waals surface area (Å²) in [5, 5.41) is 11.8. The molecule has 4 rings (SSSR count). The fourth-order valence-corrected chi connectivity index (χ4v) is 4.28. The van der Waals surface area contributed by atoms with E-state index in [1.165, 1.54) is 0 Å². The number of aryl methyl sites for hydroxylation is 1. The summed E-state index contributed by atoms with van der Waals surface area (Å²) in [5.74, 6) is -0.147. The summed E-state index contributed by atoms with van der Waals surface area (Å²) in [6.45, 7) is 4.41. The van der Waals surface area contributed by atoms with Gasteiger partial charge >= 0.3 is 0 Å². The van der Waals surface area contributed by atoms with Crippen LogP contribution in [-0.2, 0) is 6.54 Å². The van der Waals surface area contributed by atoms with Crippen molar-refractivity contribution in [2.75, 3.05) is 13.1 Å². The van der Waals surface area contributed by atoms with Crippen molar-refractivity contribution in [1.82, 2.24) is 25.4 Å². The van der Waals surface area contributed by atoms with E-state index < -0.39 is 0 Å². The van der Waals surface area contributed by atoms with E-state index in [4.69, 9.17) is 0 Å². The number of halogens is 1. The number of rotatable bonds is 5. The maximum atomic E-state index is 12.5. The minimum Gasteiger partial charge on any atom is -0.346 e. The van der Waals surface area contributed by atoms with E-state index in [1.54, 1.807) is 17.4 Å². The van der Waals surface area contributed by atoms with Crippen molar-refractivity contribution < 1.29 is 4.79 Å². The molecule has 0 bridgehead atoms. The maximum Gasteiger partial charge on any atom is 0.272 e. The normalized spacial score (nSPS) is 16.4. The molecule has 148 valence electrons. The van der Waals surface area contributed by atoms with Crippen molar-refractivity contribution >= 4 is 29.7 Å². The van der Waals surface area contributed by atoms with Gasteiger partial charge in [-0.1, -0.05) is 30.3 Å². The van der Waals surface area contributed by atoms with Crippen LogP contribution in [0.2, 0.25) is 0 Å². The zero-order valence-electron chi connectivity index (χ0n) is 15.7. The molecular weight excluding hydrogens is 394 g/mol. The van der Waals surface area contributed by atoms with Crippen molar-refractivity contribution in [2.45, 2.75) is 32.4 Å². The molecule has 1 aromatic carbocycles. The summed E-state index contributed by atoms with van der Waals surface area (Å²) >= 11 is 1.62. The quantitative estimate of drug-likeness (QED) is 0.665. The predicted molar refractivity (Wildman–Crippen MR) is 114 cm³/mol. The average molecular weight is 418 g/mol. The topological polar surface area (TPSA) is 71.8 Å². The maximum absolute atomic E-state index is 12.5. The number of nitrogens with zero attached hydrogens (tertiary/aromatic N) is 3. The van der Waals surface area contributed by atoms with Crippen molar-refractivity contribution in [3.8, 4) is 10.6 Å². The second-order valence-corrected chi connectivity index (χ2v) is 7.84. The van der Waals surface area contributed by atoms with Crippen LogP contribution in [0.15, 0.2) is 42.6 Å². The fourth-order valence-electron chi connectivity index (χ4n) is 3.27. The molecule has 2 aromatic heterocycles. The predicted octanol–water partition coefficient (Wildman–Crippen LogP) is 3.59.